The van der Waals surface area contributed by atoms with Crippen molar-refractivity contribution >= 4 is 70.8 Å². The highest BCUT2D eigenvalue weighted by molar-refractivity contribution is 7.80. The quantitative estimate of drug-likeness (QED) is 0.421. The van der Waals surface area contributed by atoms with Gasteiger partial charge in [0.05, 0.1) is 16.3 Å². The topological polar surface area (TPSA) is 36.4 Å². The predicted molar refractivity (Wildman–Crippen MR) is 105 cm³/mol. The van der Waals surface area contributed by atoms with Gasteiger partial charge in [-0.1, -0.05) is 53.0 Å². The lowest BCUT2D eigenvalue weighted by Crippen LogP contribution is -2.31. The first-order valence-corrected chi connectivity index (χ1v) is 7.85. The Labute approximate surface area is 161 Å². The Morgan fingerprint density at radius 2 is 1.74 bits per heavy atom. The Morgan fingerprint density at radius 3 is 2.39 bits per heavy atom. The molecule has 8 heteroatoms. The molecule has 0 fully saturated rings. The summed E-state index contributed by atoms with van der Waals surface area (Å²) in [6.45, 7) is 0.589. The molecule has 0 aliphatic heterocycles. The molecule has 0 aliphatic carbocycles. The number of nitrogens with zero attached hydrogens (tertiary/aromatic N) is 1. The van der Waals surface area contributed by atoms with Gasteiger partial charge in [-0.15, -0.1) is 12.4 Å². The van der Waals surface area contributed by atoms with Gasteiger partial charge >= 0.3 is 0 Å². The van der Waals surface area contributed by atoms with Gasteiger partial charge < -0.3 is 5.32 Å². The lowest BCUT2D eigenvalue weighted by molar-refractivity contribution is 0.869. The smallest absolute Gasteiger partial charge is 0.187 e. The van der Waals surface area contributed by atoms with Crippen molar-refractivity contribution in [3.63, 3.8) is 0 Å². The van der Waals surface area contributed by atoms with Crippen LogP contribution >= 0.6 is 59.4 Å². The maximum absolute atomic E-state index is 5.92. The Bertz CT molecular complexity index is 690. The van der Waals surface area contributed by atoms with Crippen LogP contribution in [0.5, 0.6) is 0 Å². The maximum atomic E-state index is 5.92. The van der Waals surface area contributed by atoms with E-state index in [1.54, 1.807) is 18.3 Å². The fourth-order valence-electron chi connectivity index (χ4n) is 1.58. The molecule has 0 heterocycles. The molecule has 0 aliphatic rings. The summed E-state index contributed by atoms with van der Waals surface area (Å²) in [4.78, 5) is 0. The molecule has 2 N–H and O–H groups in total. The van der Waals surface area contributed by atoms with Crippen LogP contribution in [0.1, 0.15) is 11.1 Å². The van der Waals surface area contributed by atoms with Gasteiger partial charge in [-0.25, -0.2) is 0 Å². The summed E-state index contributed by atoms with van der Waals surface area (Å²) in [6.07, 6.45) is 1.61. The highest BCUT2D eigenvalue weighted by Crippen LogP contribution is 2.21. The number of hydrogen-bond donors (Lipinski definition) is 2. The van der Waals surface area contributed by atoms with Crippen molar-refractivity contribution in [3.05, 3.63) is 68.7 Å². The van der Waals surface area contributed by atoms with Crippen molar-refractivity contribution in [1.29, 1.82) is 0 Å². The standard InChI is InChI=1S/C15H12Cl3N3S.ClH/c16-12-4-1-10(2-5-12)8-19-15(22)21-20-9-11-3-6-13(17)14(18)7-11;/h1-7,9H,8H2,(H2,19,21,22);1H/b20-9+;. The third-order valence-corrected chi connectivity index (χ3v) is 3.92. The maximum Gasteiger partial charge on any atom is 0.187 e. The fourth-order valence-corrected chi connectivity index (χ4v) is 2.14. The first kappa shape index (κ1) is 20.0. The second-order valence-corrected chi connectivity index (χ2v) is 6.01. The molecule has 0 unspecified atom stereocenters. The van der Waals surface area contributed by atoms with Crippen LogP contribution in [0, 0.1) is 0 Å². The van der Waals surface area contributed by atoms with Crippen molar-refractivity contribution in [2.24, 2.45) is 5.10 Å². The van der Waals surface area contributed by atoms with Crippen LogP contribution in [0.3, 0.4) is 0 Å². The average Bonchev–Trinajstić information content (AvgIpc) is 2.50. The highest BCUT2D eigenvalue weighted by atomic mass is 35.5. The molecule has 0 amide bonds. The minimum absolute atomic E-state index is 0. The molecule has 23 heavy (non-hydrogen) atoms. The third kappa shape index (κ3) is 6.94. The van der Waals surface area contributed by atoms with Crippen molar-refractivity contribution in [2.45, 2.75) is 6.54 Å². The highest BCUT2D eigenvalue weighted by Gasteiger charge is 1.98. The van der Waals surface area contributed by atoms with Crippen molar-refractivity contribution in [2.75, 3.05) is 0 Å². The summed E-state index contributed by atoms with van der Waals surface area (Å²) >= 11 is 22.7. The van der Waals surface area contributed by atoms with E-state index < -0.39 is 0 Å². The molecule has 0 aromatic heterocycles. The summed E-state index contributed by atoms with van der Waals surface area (Å²) in [6, 6.07) is 12.8. The minimum Gasteiger partial charge on any atom is -0.357 e. The van der Waals surface area contributed by atoms with E-state index in [0.717, 1.165) is 11.1 Å². The fraction of sp³-hybridized carbons (Fsp3) is 0.0667. The summed E-state index contributed by atoms with van der Waals surface area (Å²) in [5, 5.41) is 9.19. The van der Waals surface area contributed by atoms with E-state index in [-0.39, 0.29) is 12.4 Å². The molecule has 3 nitrogen and oxygen atoms in total. The van der Waals surface area contributed by atoms with Gasteiger partial charge in [0.1, 0.15) is 0 Å². The van der Waals surface area contributed by atoms with E-state index in [1.165, 1.54) is 0 Å². The zero-order valence-electron chi connectivity index (χ0n) is 11.7. The van der Waals surface area contributed by atoms with Gasteiger partial charge in [-0.3, -0.25) is 5.43 Å². The Balaban J connectivity index is 0.00000264. The van der Waals surface area contributed by atoms with Crippen LogP contribution in [0.2, 0.25) is 15.1 Å². The van der Waals surface area contributed by atoms with E-state index in [1.807, 2.05) is 30.3 Å². The molecular formula is C15H13Cl4N3S. The van der Waals surface area contributed by atoms with Crippen LogP contribution < -0.4 is 10.7 Å². The van der Waals surface area contributed by atoms with E-state index in [4.69, 9.17) is 47.0 Å². The zero-order chi connectivity index (χ0) is 15.9. The van der Waals surface area contributed by atoms with Crippen LogP contribution in [-0.2, 0) is 6.54 Å². The van der Waals surface area contributed by atoms with E-state index >= 15 is 0 Å². The molecule has 0 atom stereocenters. The van der Waals surface area contributed by atoms with Gasteiger partial charge in [-0.05, 0) is 47.6 Å². The van der Waals surface area contributed by atoms with Crippen LogP contribution in [0.25, 0.3) is 0 Å². The predicted octanol–water partition coefficient (Wildman–Crippen LogP) is 5.07. The van der Waals surface area contributed by atoms with Crippen molar-refractivity contribution < 1.29 is 0 Å². The molecular weight excluding hydrogens is 396 g/mol. The third-order valence-electron chi connectivity index (χ3n) is 2.69. The second-order valence-electron chi connectivity index (χ2n) is 4.35. The van der Waals surface area contributed by atoms with Crippen LogP contribution in [0.4, 0.5) is 0 Å². The number of halogens is 4. The molecule has 0 bridgehead atoms. The SMILES string of the molecule is Cl.S=C(NCc1ccc(Cl)cc1)N/N=C/c1ccc(Cl)c(Cl)c1. The van der Waals surface area contributed by atoms with E-state index in [9.17, 15) is 0 Å². The molecule has 2 aromatic rings. The van der Waals surface area contributed by atoms with Crippen LogP contribution in [-0.4, -0.2) is 11.3 Å². The zero-order valence-corrected chi connectivity index (χ0v) is 15.6. The largest absolute Gasteiger partial charge is 0.357 e. The van der Waals surface area contributed by atoms with E-state index in [2.05, 4.69) is 15.8 Å². The van der Waals surface area contributed by atoms with Crippen LogP contribution in [0.15, 0.2) is 47.6 Å². The Hall–Kier alpha value is -1.04. The Kier molecular flexibility index (Phi) is 8.66. The lowest BCUT2D eigenvalue weighted by Gasteiger charge is -2.07. The molecule has 0 spiro atoms. The van der Waals surface area contributed by atoms with Gasteiger partial charge in [0, 0.05) is 11.6 Å². The molecule has 0 radical (unpaired) electrons. The molecule has 2 rings (SSSR count). The molecule has 122 valence electrons. The average molecular weight is 409 g/mol. The number of thiocarbonyl (C=S) groups is 1. The minimum atomic E-state index is 0. The number of hydrazone groups is 1. The number of nitrogens with one attached hydrogen (secondary N) is 2. The summed E-state index contributed by atoms with van der Waals surface area (Å²) in [7, 11) is 0. The second kappa shape index (κ2) is 9.96. The van der Waals surface area contributed by atoms with Crippen molar-refractivity contribution in [3.8, 4) is 0 Å². The molecule has 0 saturated heterocycles. The first-order chi connectivity index (χ1) is 10.5. The van der Waals surface area contributed by atoms with E-state index in [0.29, 0.717) is 26.7 Å². The van der Waals surface area contributed by atoms with Gasteiger partial charge in [0.2, 0.25) is 0 Å². The number of benzene rings is 2. The summed E-state index contributed by atoms with van der Waals surface area (Å²) in [5.74, 6) is 0. The monoisotopic (exact) mass is 407 g/mol. The lowest BCUT2D eigenvalue weighted by atomic mass is 10.2. The molecule has 0 saturated carbocycles. The van der Waals surface area contributed by atoms with Crippen molar-refractivity contribution in [1.82, 2.24) is 10.7 Å². The first-order valence-electron chi connectivity index (χ1n) is 6.31. The number of hydrogen-bond acceptors (Lipinski definition) is 2. The number of rotatable bonds is 4. The Morgan fingerprint density at radius 1 is 1.04 bits per heavy atom. The summed E-state index contributed by atoms with van der Waals surface area (Å²) < 4.78 is 0. The summed E-state index contributed by atoms with van der Waals surface area (Å²) in [5.41, 5.74) is 4.63. The molecule has 2 aromatic carbocycles. The normalized spacial score (nSPS) is 10.2. The van der Waals surface area contributed by atoms with Gasteiger partial charge in [0.15, 0.2) is 5.11 Å². The van der Waals surface area contributed by atoms with Gasteiger partial charge in [-0.2, -0.15) is 5.10 Å². The van der Waals surface area contributed by atoms with Gasteiger partial charge in [0.25, 0.3) is 0 Å².